The van der Waals surface area contributed by atoms with E-state index in [0.29, 0.717) is 5.69 Å². The lowest BCUT2D eigenvalue weighted by molar-refractivity contribution is -0.141. The zero-order valence-electron chi connectivity index (χ0n) is 12.4. The maximum absolute atomic E-state index is 12.4. The molecule has 0 spiro atoms. The Hall–Kier alpha value is -2.76. The molecule has 1 N–H and O–H groups in total. The number of aryl methyl sites for hydroxylation is 1. The van der Waals surface area contributed by atoms with Crippen LogP contribution in [0.1, 0.15) is 21.7 Å². The topological polar surface area (TPSA) is 83.4 Å². The highest BCUT2D eigenvalue weighted by Crippen LogP contribution is 2.11. The Morgan fingerprint density at radius 3 is 2.41 bits per heavy atom. The Labute approximate surface area is 128 Å². The first kappa shape index (κ1) is 15.6. The molecule has 0 bridgehead atoms. The second-order valence-corrected chi connectivity index (χ2v) is 5.00. The first-order chi connectivity index (χ1) is 10.5. The third kappa shape index (κ3) is 3.66. The number of carbonyl (C=O) groups excluding carboxylic acids is 1. The monoisotopic (exact) mass is 299 g/mol. The number of amides is 1. The number of carbonyl (C=O) groups is 2. The molecule has 0 aliphatic heterocycles. The van der Waals surface area contributed by atoms with Gasteiger partial charge in [-0.25, -0.2) is 9.78 Å². The number of aliphatic carboxylic acids is 1. The van der Waals surface area contributed by atoms with Gasteiger partial charge >= 0.3 is 5.97 Å². The molecule has 114 valence electrons. The van der Waals surface area contributed by atoms with E-state index in [1.54, 1.807) is 6.92 Å². The van der Waals surface area contributed by atoms with Crippen LogP contribution in [0.25, 0.3) is 0 Å². The molecule has 0 radical (unpaired) electrons. The van der Waals surface area contributed by atoms with Crippen LogP contribution in [0.3, 0.4) is 0 Å². The molecule has 1 unspecified atom stereocenters. The van der Waals surface area contributed by atoms with Crippen molar-refractivity contribution in [1.82, 2.24) is 14.9 Å². The molecule has 0 fully saturated rings. The summed E-state index contributed by atoms with van der Waals surface area (Å²) < 4.78 is 0. The number of likely N-dealkylation sites (N-methyl/N-ethyl adjacent to an activating group) is 1. The molecule has 0 saturated carbocycles. The third-order valence-electron chi connectivity index (χ3n) is 3.34. The highest BCUT2D eigenvalue weighted by Gasteiger charge is 2.28. The van der Waals surface area contributed by atoms with Crippen LogP contribution >= 0.6 is 0 Å². The van der Waals surface area contributed by atoms with Crippen molar-refractivity contribution in [2.75, 3.05) is 7.05 Å². The minimum Gasteiger partial charge on any atom is -0.480 e. The van der Waals surface area contributed by atoms with Crippen molar-refractivity contribution in [3.63, 3.8) is 0 Å². The van der Waals surface area contributed by atoms with E-state index in [4.69, 9.17) is 0 Å². The van der Waals surface area contributed by atoms with E-state index in [1.165, 1.54) is 24.3 Å². The lowest BCUT2D eigenvalue weighted by atomic mass is 10.0. The van der Waals surface area contributed by atoms with E-state index in [2.05, 4.69) is 9.97 Å². The van der Waals surface area contributed by atoms with Gasteiger partial charge in [0.05, 0.1) is 11.9 Å². The molecule has 0 aliphatic carbocycles. The Bertz CT molecular complexity index is 656. The summed E-state index contributed by atoms with van der Waals surface area (Å²) in [5.41, 5.74) is 1.68. The number of rotatable bonds is 5. The minimum absolute atomic E-state index is 0.132. The zero-order valence-corrected chi connectivity index (χ0v) is 12.4. The van der Waals surface area contributed by atoms with Gasteiger partial charge in [-0.2, -0.15) is 0 Å². The summed E-state index contributed by atoms with van der Waals surface area (Å²) in [4.78, 5) is 33.1. The van der Waals surface area contributed by atoms with Crippen LogP contribution < -0.4 is 0 Å². The maximum atomic E-state index is 12.4. The largest absolute Gasteiger partial charge is 0.480 e. The Morgan fingerprint density at radius 2 is 1.86 bits per heavy atom. The summed E-state index contributed by atoms with van der Waals surface area (Å²) in [6, 6.07) is 8.23. The van der Waals surface area contributed by atoms with Gasteiger partial charge in [0.25, 0.3) is 5.91 Å². The van der Waals surface area contributed by atoms with Crippen LogP contribution in [-0.4, -0.2) is 44.9 Å². The molecule has 1 atom stereocenters. The van der Waals surface area contributed by atoms with Gasteiger partial charge in [-0.3, -0.25) is 9.78 Å². The predicted molar refractivity (Wildman–Crippen MR) is 80.4 cm³/mol. The fourth-order valence-corrected chi connectivity index (χ4v) is 2.05. The molecular formula is C16H17N3O3. The number of carboxylic acids is 1. The molecule has 6 nitrogen and oxygen atoms in total. The van der Waals surface area contributed by atoms with Gasteiger partial charge < -0.3 is 10.0 Å². The van der Waals surface area contributed by atoms with Crippen LogP contribution in [0.15, 0.2) is 42.7 Å². The van der Waals surface area contributed by atoms with Gasteiger partial charge in [0.15, 0.2) is 0 Å². The molecule has 6 heteroatoms. The molecule has 1 amide bonds. The number of hydrogen-bond acceptors (Lipinski definition) is 4. The van der Waals surface area contributed by atoms with Crippen LogP contribution in [0.2, 0.25) is 0 Å². The zero-order chi connectivity index (χ0) is 16.1. The molecule has 22 heavy (non-hydrogen) atoms. The van der Waals surface area contributed by atoms with Gasteiger partial charge in [0.1, 0.15) is 11.7 Å². The highest BCUT2D eigenvalue weighted by atomic mass is 16.4. The van der Waals surface area contributed by atoms with Gasteiger partial charge in [-0.1, -0.05) is 30.3 Å². The lowest BCUT2D eigenvalue weighted by Gasteiger charge is -2.24. The molecule has 1 heterocycles. The molecule has 1 aromatic heterocycles. The SMILES string of the molecule is Cc1cnc(C(=O)N(C)C(Cc2ccccc2)C(=O)O)cn1. The van der Waals surface area contributed by atoms with Gasteiger partial charge in [-0.05, 0) is 12.5 Å². The van der Waals surface area contributed by atoms with Gasteiger partial charge in [-0.15, -0.1) is 0 Å². The quantitative estimate of drug-likeness (QED) is 0.905. The second kappa shape index (κ2) is 6.80. The summed E-state index contributed by atoms with van der Waals surface area (Å²) in [6.07, 6.45) is 3.07. The van der Waals surface area contributed by atoms with Crippen LogP contribution in [-0.2, 0) is 11.2 Å². The number of nitrogens with zero attached hydrogens (tertiary/aromatic N) is 3. The molecule has 0 aliphatic rings. The van der Waals surface area contributed by atoms with E-state index in [-0.39, 0.29) is 12.1 Å². The number of benzene rings is 1. The standard InChI is InChI=1S/C16H17N3O3/c1-11-9-18-13(10-17-11)15(20)19(2)14(16(21)22)8-12-6-4-3-5-7-12/h3-7,9-10,14H,8H2,1-2H3,(H,21,22). The first-order valence-corrected chi connectivity index (χ1v) is 6.81. The molecule has 1 aromatic carbocycles. The second-order valence-electron chi connectivity index (χ2n) is 5.00. The Balaban J connectivity index is 2.19. The summed E-state index contributed by atoms with van der Waals surface area (Å²) in [7, 11) is 1.46. The average molecular weight is 299 g/mol. The Morgan fingerprint density at radius 1 is 1.18 bits per heavy atom. The summed E-state index contributed by atoms with van der Waals surface area (Å²) in [5.74, 6) is -1.52. The van der Waals surface area contributed by atoms with E-state index < -0.39 is 17.9 Å². The Kier molecular flexibility index (Phi) is 4.83. The van der Waals surface area contributed by atoms with Gasteiger partial charge in [0.2, 0.25) is 0 Å². The molecule has 2 rings (SSSR count). The summed E-state index contributed by atoms with van der Waals surface area (Å²) >= 11 is 0. The highest BCUT2D eigenvalue weighted by molar-refractivity contribution is 5.94. The first-order valence-electron chi connectivity index (χ1n) is 6.81. The van der Waals surface area contributed by atoms with Crippen LogP contribution in [0.4, 0.5) is 0 Å². The lowest BCUT2D eigenvalue weighted by Crippen LogP contribution is -2.44. The fraction of sp³-hybridized carbons (Fsp3) is 0.250. The molecule has 2 aromatic rings. The smallest absolute Gasteiger partial charge is 0.326 e. The van der Waals surface area contributed by atoms with Crippen molar-refractivity contribution < 1.29 is 14.7 Å². The van der Waals surface area contributed by atoms with E-state index in [0.717, 1.165) is 5.56 Å². The van der Waals surface area contributed by atoms with Crippen molar-refractivity contribution >= 4 is 11.9 Å². The maximum Gasteiger partial charge on any atom is 0.326 e. The van der Waals surface area contributed by atoms with Crippen molar-refractivity contribution in [2.45, 2.75) is 19.4 Å². The van der Waals surface area contributed by atoms with E-state index in [1.807, 2.05) is 30.3 Å². The number of aromatic nitrogens is 2. The van der Waals surface area contributed by atoms with Crippen LogP contribution in [0, 0.1) is 6.92 Å². The fourth-order valence-electron chi connectivity index (χ4n) is 2.05. The van der Waals surface area contributed by atoms with Gasteiger partial charge in [0, 0.05) is 19.7 Å². The number of carboxylic acid groups (broad SMARTS) is 1. The molecular weight excluding hydrogens is 282 g/mol. The molecule has 0 saturated heterocycles. The summed E-state index contributed by atoms with van der Waals surface area (Å²) in [5, 5.41) is 9.41. The van der Waals surface area contributed by atoms with E-state index in [9.17, 15) is 14.7 Å². The van der Waals surface area contributed by atoms with Crippen LogP contribution in [0.5, 0.6) is 0 Å². The predicted octanol–water partition coefficient (Wildman–Crippen LogP) is 1.55. The average Bonchev–Trinajstić information content (AvgIpc) is 2.53. The third-order valence-corrected chi connectivity index (χ3v) is 3.34. The number of hydrogen-bond donors (Lipinski definition) is 1. The summed E-state index contributed by atoms with van der Waals surface area (Å²) in [6.45, 7) is 1.76. The van der Waals surface area contributed by atoms with Crippen molar-refractivity contribution in [3.8, 4) is 0 Å². The van der Waals surface area contributed by atoms with Crippen molar-refractivity contribution in [2.24, 2.45) is 0 Å². The van der Waals surface area contributed by atoms with Crippen molar-refractivity contribution in [1.29, 1.82) is 0 Å². The van der Waals surface area contributed by atoms with Crippen molar-refractivity contribution in [3.05, 3.63) is 59.7 Å². The minimum atomic E-state index is -1.06. The van der Waals surface area contributed by atoms with E-state index >= 15 is 0 Å². The normalized spacial score (nSPS) is 11.7.